The molecule has 1 rings (SSSR count). The number of benzene rings is 1. The molecule has 0 fully saturated rings. The Kier molecular flexibility index (Phi) is 3.84. The lowest BCUT2D eigenvalue weighted by Crippen LogP contribution is -2.26. The van der Waals surface area contributed by atoms with E-state index in [1.165, 1.54) is 5.56 Å². The van der Waals surface area contributed by atoms with Gasteiger partial charge in [0.25, 0.3) is 0 Å². The molecule has 0 aliphatic rings. The largest absolute Gasteiger partial charge is 0.323 e. The molecule has 0 spiro atoms. The molecule has 0 radical (unpaired) electrons. The van der Waals surface area contributed by atoms with Crippen molar-refractivity contribution in [2.75, 3.05) is 6.26 Å². The van der Waals surface area contributed by atoms with Gasteiger partial charge in [0.2, 0.25) is 0 Å². The molecule has 0 bridgehead atoms. The van der Waals surface area contributed by atoms with Crippen molar-refractivity contribution in [1.29, 1.82) is 0 Å². The fourth-order valence-electron chi connectivity index (χ4n) is 1.27. The summed E-state index contributed by atoms with van der Waals surface area (Å²) in [6, 6.07) is 7.93. The molecule has 2 nitrogen and oxygen atoms in total. The molecule has 3 atom stereocenters. The highest BCUT2D eigenvalue weighted by Gasteiger charge is 2.17. The Bertz CT molecular complexity index is 321. The molecule has 1 aromatic carbocycles. The van der Waals surface area contributed by atoms with E-state index in [-0.39, 0.29) is 11.3 Å². The summed E-state index contributed by atoms with van der Waals surface area (Å²) in [5.41, 5.74) is 8.26. The average Bonchev–Trinajstić information content (AvgIpc) is 2.16. The molecule has 14 heavy (non-hydrogen) atoms. The maximum absolute atomic E-state index is 11.3. The number of aryl methyl sites for hydroxylation is 1. The van der Waals surface area contributed by atoms with Gasteiger partial charge in [-0.2, -0.15) is 0 Å². The van der Waals surface area contributed by atoms with Crippen molar-refractivity contribution >= 4 is 10.8 Å². The van der Waals surface area contributed by atoms with Crippen LogP contribution in [0.4, 0.5) is 0 Å². The highest BCUT2D eigenvalue weighted by atomic mass is 32.2. The van der Waals surface area contributed by atoms with Gasteiger partial charge in [-0.3, -0.25) is 4.21 Å². The number of hydrogen-bond acceptors (Lipinski definition) is 2. The van der Waals surface area contributed by atoms with Crippen LogP contribution in [0.25, 0.3) is 0 Å². The smallest absolute Gasteiger partial charge is 0.0509 e. The Morgan fingerprint density at radius 3 is 2.21 bits per heavy atom. The number of hydrogen-bond donors (Lipinski definition) is 1. The quantitative estimate of drug-likeness (QED) is 0.828. The lowest BCUT2D eigenvalue weighted by atomic mass is 10.0. The Balaban J connectivity index is 2.84. The molecule has 3 unspecified atom stereocenters. The minimum absolute atomic E-state index is 0.00212. The van der Waals surface area contributed by atoms with E-state index in [1.54, 1.807) is 6.26 Å². The fraction of sp³-hybridized carbons (Fsp3) is 0.455. The van der Waals surface area contributed by atoms with Crippen LogP contribution in [-0.4, -0.2) is 15.7 Å². The zero-order valence-electron chi connectivity index (χ0n) is 8.86. The van der Waals surface area contributed by atoms with Crippen molar-refractivity contribution < 1.29 is 4.21 Å². The van der Waals surface area contributed by atoms with Gasteiger partial charge in [0.1, 0.15) is 0 Å². The van der Waals surface area contributed by atoms with E-state index >= 15 is 0 Å². The maximum Gasteiger partial charge on any atom is 0.0509 e. The summed E-state index contributed by atoms with van der Waals surface area (Å²) >= 11 is 0. The van der Waals surface area contributed by atoms with E-state index in [0.717, 1.165) is 5.56 Å². The average molecular weight is 211 g/mol. The molecular weight excluding hydrogens is 194 g/mol. The van der Waals surface area contributed by atoms with Crippen LogP contribution in [0.2, 0.25) is 0 Å². The van der Waals surface area contributed by atoms with Gasteiger partial charge in [-0.15, -0.1) is 0 Å². The first-order valence-electron chi connectivity index (χ1n) is 4.66. The molecule has 0 aliphatic carbocycles. The molecule has 2 N–H and O–H groups in total. The molecule has 78 valence electrons. The number of rotatable bonds is 3. The summed E-state index contributed by atoms with van der Waals surface area (Å²) in [5.74, 6) is 0. The summed E-state index contributed by atoms with van der Waals surface area (Å²) in [6.45, 7) is 3.96. The molecule has 0 aliphatic heterocycles. The summed E-state index contributed by atoms with van der Waals surface area (Å²) in [7, 11) is -0.871. The normalized spacial score (nSPS) is 17.4. The molecule has 0 saturated heterocycles. The second-order valence-corrected chi connectivity index (χ2v) is 5.38. The maximum atomic E-state index is 11.3. The van der Waals surface area contributed by atoms with Gasteiger partial charge in [0, 0.05) is 23.1 Å². The van der Waals surface area contributed by atoms with Crippen molar-refractivity contribution in [1.82, 2.24) is 0 Å². The van der Waals surface area contributed by atoms with E-state index < -0.39 is 10.8 Å². The van der Waals surface area contributed by atoms with E-state index in [9.17, 15) is 4.21 Å². The third kappa shape index (κ3) is 2.66. The van der Waals surface area contributed by atoms with Gasteiger partial charge < -0.3 is 5.73 Å². The summed E-state index contributed by atoms with van der Waals surface area (Å²) in [6.07, 6.45) is 1.69. The third-order valence-corrected chi connectivity index (χ3v) is 3.83. The van der Waals surface area contributed by atoms with Gasteiger partial charge in [-0.25, -0.2) is 0 Å². The molecule has 0 heterocycles. The Hall–Kier alpha value is -0.670. The van der Waals surface area contributed by atoms with Gasteiger partial charge >= 0.3 is 0 Å². The zero-order valence-corrected chi connectivity index (χ0v) is 9.67. The standard InChI is InChI=1S/C11H17NOS/c1-8-4-6-10(7-5-8)11(12)9(2)14(3)13/h4-7,9,11H,12H2,1-3H3. The number of nitrogens with two attached hydrogens (primary N) is 1. The van der Waals surface area contributed by atoms with Crippen molar-refractivity contribution in [3.8, 4) is 0 Å². The van der Waals surface area contributed by atoms with Crippen LogP contribution in [0.5, 0.6) is 0 Å². The lowest BCUT2D eigenvalue weighted by Gasteiger charge is -2.18. The molecule has 3 heteroatoms. The molecular formula is C11H17NOS. The van der Waals surface area contributed by atoms with Gasteiger partial charge in [-0.05, 0) is 19.4 Å². The summed E-state index contributed by atoms with van der Waals surface area (Å²) in [4.78, 5) is 0. The van der Waals surface area contributed by atoms with Crippen LogP contribution in [-0.2, 0) is 10.8 Å². The van der Waals surface area contributed by atoms with E-state index in [0.29, 0.717) is 0 Å². The van der Waals surface area contributed by atoms with E-state index in [4.69, 9.17) is 5.73 Å². The molecule has 0 aromatic heterocycles. The monoisotopic (exact) mass is 211 g/mol. The van der Waals surface area contributed by atoms with Crippen molar-refractivity contribution in [2.45, 2.75) is 25.1 Å². The Labute approximate surface area is 88.0 Å². The van der Waals surface area contributed by atoms with Gasteiger partial charge in [0.05, 0.1) is 5.25 Å². The van der Waals surface area contributed by atoms with Crippen LogP contribution < -0.4 is 5.73 Å². The van der Waals surface area contributed by atoms with Crippen LogP contribution in [0.3, 0.4) is 0 Å². The second kappa shape index (κ2) is 4.71. The van der Waals surface area contributed by atoms with Crippen LogP contribution in [0, 0.1) is 6.92 Å². The van der Waals surface area contributed by atoms with Gasteiger partial charge in [-0.1, -0.05) is 29.8 Å². The van der Waals surface area contributed by atoms with Gasteiger partial charge in [0.15, 0.2) is 0 Å². The third-order valence-electron chi connectivity index (χ3n) is 2.49. The first kappa shape index (κ1) is 11.4. The predicted octanol–water partition coefficient (Wildman–Crippen LogP) is 1.76. The fourth-order valence-corrected chi connectivity index (χ4v) is 1.84. The summed E-state index contributed by atoms with van der Waals surface area (Å²) in [5, 5.41) is -0.00212. The minimum Gasteiger partial charge on any atom is -0.323 e. The Morgan fingerprint density at radius 1 is 1.29 bits per heavy atom. The predicted molar refractivity (Wildman–Crippen MR) is 61.6 cm³/mol. The second-order valence-electron chi connectivity index (χ2n) is 3.64. The SMILES string of the molecule is Cc1ccc(C(N)C(C)S(C)=O)cc1. The van der Waals surface area contributed by atoms with Crippen molar-refractivity contribution in [3.05, 3.63) is 35.4 Å². The molecule has 0 amide bonds. The summed E-state index contributed by atoms with van der Waals surface area (Å²) < 4.78 is 11.3. The minimum atomic E-state index is -0.871. The Morgan fingerprint density at radius 2 is 1.79 bits per heavy atom. The van der Waals surface area contributed by atoms with Crippen LogP contribution >= 0.6 is 0 Å². The topological polar surface area (TPSA) is 43.1 Å². The first-order chi connectivity index (χ1) is 6.52. The lowest BCUT2D eigenvalue weighted by molar-refractivity contribution is 0.647. The zero-order chi connectivity index (χ0) is 10.7. The van der Waals surface area contributed by atoms with Crippen molar-refractivity contribution in [2.24, 2.45) is 5.73 Å². The van der Waals surface area contributed by atoms with Crippen LogP contribution in [0.1, 0.15) is 24.1 Å². The van der Waals surface area contributed by atoms with Crippen molar-refractivity contribution in [3.63, 3.8) is 0 Å². The highest BCUT2D eigenvalue weighted by Crippen LogP contribution is 2.17. The first-order valence-corrected chi connectivity index (χ1v) is 6.29. The molecule has 1 aromatic rings. The van der Waals surface area contributed by atoms with E-state index in [1.807, 2.05) is 38.1 Å². The highest BCUT2D eigenvalue weighted by molar-refractivity contribution is 7.84. The van der Waals surface area contributed by atoms with Crippen LogP contribution in [0.15, 0.2) is 24.3 Å². The van der Waals surface area contributed by atoms with E-state index in [2.05, 4.69) is 0 Å². The molecule has 0 saturated carbocycles.